The van der Waals surface area contributed by atoms with Gasteiger partial charge in [-0.1, -0.05) is 30.3 Å². The Labute approximate surface area is 194 Å². The average Bonchev–Trinajstić information content (AvgIpc) is 3.15. The quantitative estimate of drug-likeness (QED) is 0.625. The fraction of sp³-hybridized carbons (Fsp3) is 0.423. The molecule has 2 heterocycles. The highest BCUT2D eigenvalue weighted by atomic mass is 16.6. The number of rotatable bonds is 5. The highest BCUT2D eigenvalue weighted by Crippen LogP contribution is 2.23. The number of hydrogen-bond acceptors (Lipinski definition) is 4. The maximum Gasteiger partial charge on any atom is 0.407 e. The van der Waals surface area contributed by atoms with E-state index in [0.717, 1.165) is 35.4 Å². The second-order valence-corrected chi connectivity index (χ2v) is 9.49. The van der Waals surface area contributed by atoms with Gasteiger partial charge in [-0.15, -0.1) is 0 Å². The minimum atomic E-state index is -0.517. The summed E-state index contributed by atoms with van der Waals surface area (Å²) >= 11 is 0. The van der Waals surface area contributed by atoms with Gasteiger partial charge >= 0.3 is 6.09 Å². The molecule has 1 N–H and O–H groups in total. The summed E-state index contributed by atoms with van der Waals surface area (Å²) in [6, 6.07) is 18.2. The molecular weight excluding hydrogens is 416 g/mol. The van der Waals surface area contributed by atoms with Gasteiger partial charge in [0.15, 0.2) is 0 Å². The molecule has 0 radical (unpaired) electrons. The number of imidazole rings is 1. The van der Waals surface area contributed by atoms with Crippen molar-refractivity contribution in [3.05, 3.63) is 60.4 Å². The second kappa shape index (κ2) is 9.65. The molecule has 2 amide bonds. The van der Waals surface area contributed by atoms with Crippen LogP contribution in [0.3, 0.4) is 0 Å². The lowest BCUT2D eigenvalue weighted by atomic mass is 10.0. The largest absolute Gasteiger partial charge is 0.444 e. The van der Waals surface area contributed by atoms with Gasteiger partial charge in [-0.2, -0.15) is 0 Å². The van der Waals surface area contributed by atoms with E-state index in [4.69, 9.17) is 9.72 Å². The van der Waals surface area contributed by atoms with Gasteiger partial charge in [0, 0.05) is 37.7 Å². The normalized spacial score (nSPS) is 14.9. The van der Waals surface area contributed by atoms with Gasteiger partial charge in [0.05, 0.1) is 11.0 Å². The van der Waals surface area contributed by atoms with Crippen LogP contribution in [0.4, 0.5) is 4.79 Å². The molecule has 1 aliphatic heterocycles. The van der Waals surface area contributed by atoms with E-state index in [1.165, 1.54) is 0 Å². The third kappa shape index (κ3) is 5.72. The summed E-state index contributed by atoms with van der Waals surface area (Å²) < 4.78 is 7.47. The molecule has 0 bridgehead atoms. The van der Waals surface area contributed by atoms with Gasteiger partial charge in [-0.25, -0.2) is 9.78 Å². The number of amides is 2. The maximum absolute atomic E-state index is 12.9. The number of nitrogens with zero attached hydrogens (tertiary/aromatic N) is 3. The molecule has 0 atom stereocenters. The van der Waals surface area contributed by atoms with E-state index in [2.05, 4.69) is 28.1 Å². The molecule has 2 aromatic carbocycles. The van der Waals surface area contributed by atoms with E-state index in [9.17, 15) is 9.59 Å². The third-order valence-electron chi connectivity index (χ3n) is 5.78. The summed E-state index contributed by atoms with van der Waals surface area (Å²) in [6.07, 6.45) is 2.03. The molecule has 33 heavy (non-hydrogen) atoms. The van der Waals surface area contributed by atoms with Gasteiger partial charge in [-0.05, 0) is 57.9 Å². The van der Waals surface area contributed by atoms with Crippen molar-refractivity contribution in [1.29, 1.82) is 0 Å². The number of nitrogens with one attached hydrogen (secondary N) is 1. The summed E-state index contributed by atoms with van der Waals surface area (Å²) in [6.45, 7) is 6.81. The minimum absolute atomic E-state index is 0.0335. The van der Waals surface area contributed by atoms with Crippen molar-refractivity contribution in [3.8, 4) is 5.69 Å². The Morgan fingerprint density at radius 1 is 1.03 bits per heavy atom. The van der Waals surface area contributed by atoms with Crippen LogP contribution in [0, 0.1) is 0 Å². The number of aryl methyl sites for hydroxylation is 1. The maximum atomic E-state index is 12.9. The molecular formula is C26H32N4O3. The van der Waals surface area contributed by atoms with Crippen LogP contribution in [0.2, 0.25) is 0 Å². The van der Waals surface area contributed by atoms with Crippen molar-refractivity contribution < 1.29 is 14.3 Å². The molecule has 1 aromatic heterocycles. The van der Waals surface area contributed by atoms with Crippen LogP contribution in [0.1, 0.15) is 45.9 Å². The summed E-state index contributed by atoms with van der Waals surface area (Å²) in [5.74, 6) is 1.01. The Morgan fingerprint density at radius 3 is 2.39 bits per heavy atom. The average molecular weight is 449 g/mol. The highest BCUT2D eigenvalue weighted by Gasteiger charge is 2.26. The number of likely N-dealkylation sites (tertiary alicyclic amines) is 1. The summed E-state index contributed by atoms with van der Waals surface area (Å²) in [4.78, 5) is 31.6. The zero-order valence-corrected chi connectivity index (χ0v) is 19.6. The van der Waals surface area contributed by atoms with Gasteiger partial charge in [0.1, 0.15) is 11.4 Å². The number of aromatic nitrogens is 2. The first-order chi connectivity index (χ1) is 15.8. The lowest BCUT2D eigenvalue weighted by Gasteiger charge is -2.33. The van der Waals surface area contributed by atoms with Crippen LogP contribution in [0.25, 0.3) is 16.7 Å². The number of carbonyl (C=O) groups is 2. The van der Waals surface area contributed by atoms with Gasteiger partial charge < -0.3 is 15.0 Å². The number of piperidine rings is 1. The number of ether oxygens (including phenoxy) is 1. The summed E-state index contributed by atoms with van der Waals surface area (Å²) in [5, 5.41) is 2.92. The Kier molecular flexibility index (Phi) is 6.67. The van der Waals surface area contributed by atoms with E-state index in [-0.39, 0.29) is 11.9 Å². The molecule has 4 rings (SSSR count). The predicted octanol–water partition coefficient (Wildman–Crippen LogP) is 4.47. The van der Waals surface area contributed by atoms with E-state index in [1.807, 2.05) is 62.1 Å². The van der Waals surface area contributed by atoms with Crippen LogP contribution in [0.5, 0.6) is 0 Å². The smallest absolute Gasteiger partial charge is 0.407 e. The number of para-hydroxylation sites is 3. The minimum Gasteiger partial charge on any atom is -0.444 e. The summed E-state index contributed by atoms with van der Waals surface area (Å²) in [5.41, 5.74) is 2.50. The van der Waals surface area contributed by atoms with Crippen LogP contribution in [0.15, 0.2) is 54.6 Å². The van der Waals surface area contributed by atoms with E-state index >= 15 is 0 Å². The summed E-state index contributed by atoms with van der Waals surface area (Å²) in [7, 11) is 0. The SMILES string of the molecule is CC(C)(C)OC(=O)NC1CCN(C(=O)CCc2nc3ccccc3n2-c2ccccc2)CC1. The number of fused-ring (bicyclic) bond motifs is 1. The predicted molar refractivity (Wildman–Crippen MR) is 128 cm³/mol. The lowest BCUT2D eigenvalue weighted by molar-refractivity contribution is -0.132. The number of benzene rings is 2. The first kappa shape index (κ1) is 22.8. The third-order valence-corrected chi connectivity index (χ3v) is 5.78. The molecule has 0 spiro atoms. The molecule has 0 unspecified atom stereocenters. The standard InChI is InChI=1S/C26H32N4O3/c1-26(2,3)33-25(32)27-19-15-17-29(18-16-19)24(31)14-13-23-28-21-11-7-8-12-22(21)30(23)20-9-5-4-6-10-20/h4-12,19H,13-18H2,1-3H3,(H,27,32). The Bertz CT molecular complexity index is 1110. The zero-order valence-electron chi connectivity index (χ0n) is 19.6. The first-order valence-electron chi connectivity index (χ1n) is 11.6. The fourth-order valence-corrected chi connectivity index (χ4v) is 4.23. The Balaban J connectivity index is 1.36. The van der Waals surface area contributed by atoms with Crippen LogP contribution < -0.4 is 5.32 Å². The monoisotopic (exact) mass is 448 g/mol. The van der Waals surface area contributed by atoms with Gasteiger partial charge in [0.2, 0.25) is 5.91 Å². The van der Waals surface area contributed by atoms with E-state index in [0.29, 0.717) is 25.9 Å². The molecule has 7 nitrogen and oxygen atoms in total. The van der Waals surface area contributed by atoms with Crippen molar-refractivity contribution in [1.82, 2.24) is 19.8 Å². The molecule has 1 fully saturated rings. The number of carbonyl (C=O) groups excluding carboxylic acids is 2. The number of hydrogen-bond donors (Lipinski definition) is 1. The van der Waals surface area contributed by atoms with Crippen molar-refractivity contribution >= 4 is 23.0 Å². The number of alkyl carbamates (subject to hydrolysis) is 1. The van der Waals surface area contributed by atoms with Crippen molar-refractivity contribution in [3.63, 3.8) is 0 Å². The Hall–Kier alpha value is -3.35. The van der Waals surface area contributed by atoms with Crippen molar-refractivity contribution in [2.45, 2.75) is 58.1 Å². The molecule has 3 aromatic rings. The zero-order chi connectivity index (χ0) is 23.4. The van der Waals surface area contributed by atoms with Gasteiger partial charge in [-0.3, -0.25) is 9.36 Å². The molecule has 1 saturated heterocycles. The van der Waals surface area contributed by atoms with Gasteiger partial charge in [0.25, 0.3) is 0 Å². The van der Waals surface area contributed by atoms with Crippen LogP contribution >= 0.6 is 0 Å². The first-order valence-corrected chi connectivity index (χ1v) is 11.6. The molecule has 0 aliphatic carbocycles. The Morgan fingerprint density at radius 2 is 1.70 bits per heavy atom. The van der Waals surface area contributed by atoms with E-state index < -0.39 is 11.7 Å². The topological polar surface area (TPSA) is 76.5 Å². The molecule has 174 valence electrons. The fourth-order valence-electron chi connectivity index (χ4n) is 4.23. The van der Waals surface area contributed by atoms with Crippen LogP contribution in [-0.4, -0.2) is 51.2 Å². The molecule has 1 aliphatic rings. The second-order valence-electron chi connectivity index (χ2n) is 9.49. The highest BCUT2D eigenvalue weighted by molar-refractivity contribution is 5.79. The molecule has 0 saturated carbocycles. The lowest BCUT2D eigenvalue weighted by Crippen LogP contribution is -2.47. The van der Waals surface area contributed by atoms with E-state index in [1.54, 1.807) is 0 Å². The van der Waals surface area contributed by atoms with Crippen LogP contribution in [-0.2, 0) is 16.0 Å². The molecule has 7 heteroatoms. The van der Waals surface area contributed by atoms with Crippen molar-refractivity contribution in [2.24, 2.45) is 0 Å². The van der Waals surface area contributed by atoms with Crippen molar-refractivity contribution in [2.75, 3.05) is 13.1 Å².